The van der Waals surface area contributed by atoms with Crippen molar-refractivity contribution in [2.75, 3.05) is 20.3 Å². The molecule has 1 aliphatic rings. The molecular weight excluding hydrogens is 306 g/mol. The molecule has 0 fully saturated rings. The minimum absolute atomic E-state index is 0.129. The molecule has 1 heterocycles. The lowest BCUT2D eigenvalue weighted by Gasteiger charge is -2.26. The maximum atomic E-state index is 12.3. The third-order valence-corrected chi connectivity index (χ3v) is 3.87. The van der Waals surface area contributed by atoms with Crippen molar-refractivity contribution in [3.05, 3.63) is 46.2 Å². The molecule has 6 heteroatoms. The first-order valence-electron chi connectivity index (χ1n) is 6.96. The van der Waals surface area contributed by atoms with Crippen molar-refractivity contribution in [2.45, 2.75) is 19.4 Å². The number of benzene rings is 1. The molecule has 1 N–H and O–H groups in total. The zero-order chi connectivity index (χ0) is 16.3. The highest BCUT2D eigenvalue weighted by atomic mass is 35.5. The molecule has 0 aromatic heterocycles. The Labute approximate surface area is 134 Å². The van der Waals surface area contributed by atoms with Crippen molar-refractivity contribution in [1.29, 1.82) is 0 Å². The van der Waals surface area contributed by atoms with Crippen molar-refractivity contribution in [2.24, 2.45) is 0 Å². The Morgan fingerprint density at radius 3 is 2.55 bits per heavy atom. The van der Waals surface area contributed by atoms with Gasteiger partial charge in [-0.05, 0) is 31.0 Å². The first kappa shape index (κ1) is 16.5. The Morgan fingerprint density at radius 2 is 2.00 bits per heavy atom. The summed E-state index contributed by atoms with van der Waals surface area (Å²) in [5, 5.41) is 10.6. The fraction of sp³-hybridized carbons (Fsp3) is 0.375. The average molecular weight is 324 g/mol. The van der Waals surface area contributed by atoms with E-state index in [0.717, 1.165) is 5.56 Å². The van der Waals surface area contributed by atoms with Crippen LogP contribution in [0.3, 0.4) is 0 Å². The van der Waals surface area contributed by atoms with Crippen molar-refractivity contribution < 1.29 is 19.4 Å². The molecule has 1 aromatic carbocycles. The van der Waals surface area contributed by atoms with Gasteiger partial charge in [0, 0.05) is 25.3 Å². The van der Waals surface area contributed by atoms with Crippen LogP contribution in [0.1, 0.15) is 24.9 Å². The Morgan fingerprint density at radius 1 is 1.36 bits per heavy atom. The minimum atomic E-state index is -0.584. The Hall–Kier alpha value is -1.85. The molecule has 1 atom stereocenters. The molecule has 2 rings (SSSR count). The van der Waals surface area contributed by atoms with Crippen molar-refractivity contribution >= 4 is 23.3 Å². The summed E-state index contributed by atoms with van der Waals surface area (Å²) in [6.07, 6.45) is 0.616. The van der Waals surface area contributed by atoms with E-state index in [9.17, 15) is 14.7 Å². The maximum absolute atomic E-state index is 12.3. The van der Waals surface area contributed by atoms with Gasteiger partial charge >= 0.3 is 0 Å². The first-order chi connectivity index (χ1) is 10.5. The van der Waals surface area contributed by atoms with Crippen LogP contribution in [0.4, 0.5) is 0 Å². The lowest BCUT2D eigenvalue weighted by Crippen LogP contribution is -2.32. The molecule has 0 spiro atoms. The van der Waals surface area contributed by atoms with Crippen LogP contribution in [0.5, 0.6) is 0 Å². The maximum Gasteiger partial charge on any atom is 0.290 e. The minimum Gasteiger partial charge on any atom is -0.503 e. The van der Waals surface area contributed by atoms with Crippen LogP contribution in [0, 0.1) is 0 Å². The Kier molecular flexibility index (Phi) is 5.21. The quantitative estimate of drug-likeness (QED) is 0.817. The van der Waals surface area contributed by atoms with Crippen LogP contribution in [0.25, 0.3) is 0 Å². The highest BCUT2D eigenvalue weighted by Gasteiger charge is 2.41. The molecular formula is C16H18ClNO4. The summed E-state index contributed by atoms with van der Waals surface area (Å²) in [6.45, 7) is 2.23. The molecule has 1 amide bonds. The Bertz CT molecular complexity index is 609. The summed E-state index contributed by atoms with van der Waals surface area (Å²) in [7, 11) is 1.58. The first-order valence-corrected chi connectivity index (χ1v) is 7.34. The van der Waals surface area contributed by atoms with E-state index in [1.165, 1.54) is 11.8 Å². The molecule has 22 heavy (non-hydrogen) atoms. The summed E-state index contributed by atoms with van der Waals surface area (Å²) in [4.78, 5) is 25.6. The predicted molar refractivity (Wildman–Crippen MR) is 82.7 cm³/mol. The summed E-state index contributed by atoms with van der Waals surface area (Å²) >= 11 is 5.89. The molecule has 0 saturated heterocycles. The number of hydrogen-bond acceptors (Lipinski definition) is 4. The Balaban J connectivity index is 2.39. The van der Waals surface area contributed by atoms with Gasteiger partial charge in [0.15, 0.2) is 11.5 Å². The lowest BCUT2D eigenvalue weighted by molar-refractivity contribution is -0.129. The van der Waals surface area contributed by atoms with Crippen LogP contribution in [-0.4, -0.2) is 42.0 Å². The van der Waals surface area contributed by atoms with Crippen molar-refractivity contribution in [3.8, 4) is 0 Å². The molecule has 0 unspecified atom stereocenters. The largest absolute Gasteiger partial charge is 0.503 e. The van der Waals surface area contributed by atoms with E-state index in [1.54, 1.807) is 31.4 Å². The molecule has 1 aliphatic heterocycles. The number of amides is 1. The number of carbonyl (C=O) groups is 2. The number of rotatable bonds is 6. The van der Waals surface area contributed by atoms with E-state index < -0.39 is 17.7 Å². The second kappa shape index (κ2) is 6.94. The van der Waals surface area contributed by atoms with Crippen LogP contribution < -0.4 is 0 Å². The number of carbonyl (C=O) groups excluding carboxylic acids is 2. The number of halogens is 1. The number of aliphatic hydroxyl groups is 1. The van der Waals surface area contributed by atoms with Gasteiger partial charge in [0.05, 0.1) is 11.6 Å². The second-order valence-electron chi connectivity index (χ2n) is 5.12. The third-order valence-electron chi connectivity index (χ3n) is 3.62. The van der Waals surface area contributed by atoms with Gasteiger partial charge in [-0.3, -0.25) is 9.59 Å². The van der Waals surface area contributed by atoms with Gasteiger partial charge in [-0.15, -0.1) is 0 Å². The summed E-state index contributed by atoms with van der Waals surface area (Å²) in [5.74, 6) is -1.31. The second-order valence-corrected chi connectivity index (χ2v) is 5.55. The smallest absolute Gasteiger partial charge is 0.290 e. The van der Waals surface area contributed by atoms with Gasteiger partial charge in [-0.25, -0.2) is 0 Å². The summed E-state index contributed by atoms with van der Waals surface area (Å²) < 4.78 is 5.00. The molecule has 5 nitrogen and oxygen atoms in total. The van der Waals surface area contributed by atoms with E-state index in [4.69, 9.17) is 16.3 Å². The van der Waals surface area contributed by atoms with Crippen molar-refractivity contribution in [1.82, 2.24) is 4.90 Å². The third kappa shape index (κ3) is 3.15. The topological polar surface area (TPSA) is 66.8 Å². The van der Waals surface area contributed by atoms with E-state index in [0.29, 0.717) is 24.6 Å². The monoisotopic (exact) mass is 323 g/mol. The van der Waals surface area contributed by atoms with E-state index in [1.807, 2.05) is 0 Å². The van der Waals surface area contributed by atoms with Gasteiger partial charge in [0.2, 0.25) is 0 Å². The zero-order valence-corrected chi connectivity index (χ0v) is 13.3. The SMILES string of the molecule is COCCCN1C(=O)C(O)=C(C(C)=O)[C@H]1c1ccc(Cl)cc1. The van der Waals surface area contributed by atoms with Gasteiger partial charge in [-0.2, -0.15) is 0 Å². The molecule has 0 radical (unpaired) electrons. The molecule has 0 bridgehead atoms. The highest BCUT2D eigenvalue weighted by molar-refractivity contribution is 6.30. The van der Waals surface area contributed by atoms with Gasteiger partial charge in [-0.1, -0.05) is 23.7 Å². The van der Waals surface area contributed by atoms with E-state index >= 15 is 0 Å². The van der Waals surface area contributed by atoms with Crippen LogP contribution in [0.15, 0.2) is 35.6 Å². The number of methoxy groups -OCH3 is 1. The summed E-state index contributed by atoms with van der Waals surface area (Å²) in [6, 6.07) is 6.32. The standard InChI is InChI=1S/C16H18ClNO4/c1-10(19)13-14(11-4-6-12(17)7-5-11)18(8-3-9-22-2)16(21)15(13)20/h4-7,14,20H,3,8-9H2,1-2H3/t14-/m1/s1. The van der Waals surface area contributed by atoms with Gasteiger partial charge in [0.25, 0.3) is 5.91 Å². The highest BCUT2D eigenvalue weighted by Crippen LogP contribution is 2.37. The molecule has 1 aromatic rings. The number of aliphatic hydroxyl groups excluding tert-OH is 1. The summed E-state index contributed by atoms with van der Waals surface area (Å²) in [5.41, 5.74) is 0.870. The van der Waals surface area contributed by atoms with Crippen LogP contribution in [-0.2, 0) is 14.3 Å². The molecule has 0 saturated carbocycles. The number of nitrogens with zero attached hydrogens (tertiary/aromatic N) is 1. The van der Waals surface area contributed by atoms with Gasteiger partial charge < -0.3 is 14.7 Å². The van der Waals surface area contributed by atoms with Crippen LogP contribution >= 0.6 is 11.6 Å². The molecule has 0 aliphatic carbocycles. The zero-order valence-electron chi connectivity index (χ0n) is 12.5. The number of ketones is 1. The van der Waals surface area contributed by atoms with Crippen LogP contribution in [0.2, 0.25) is 5.02 Å². The van der Waals surface area contributed by atoms with E-state index in [2.05, 4.69) is 0 Å². The number of ether oxygens (including phenoxy) is 1. The number of Topliss-reactive ketones (excluding diaryl/α,β-unsaturated/α-hetero) is 1. The number of hydrogen-bond donors (Lipinski definition) is 1. The molecule has 118 valence electrons. The average Bonchev–Trinajstić information content (AvgIpc) is 2.73. The van der Waals surface area contributed by atoms with E-state index in [-0.39, 0.29) is 11.4 Å². The van der Waals surface area contributed by atoms with Crippen molar-refractivity contribution in [3.63, 3.8) is 0 Å². The van der Waals surface area contributed by atoms with Gasteiger partial charge in [0.1, 0.15) is 0 Å². The normalized spacial score (nSPS) is 18.2. The lowest BCUT2D eigenvalue weighted by atomic mass is 9.97. The fourth-order valence-electron chi connectivity index (χ4n) is 2.61. The predicted octanol–water partition coefficient (Wildman–Crippen LogP) is 2.66. The fourth-order valence-corrected chi connectivity index (χ4v) is 2.74.